The summed E-state index contributed by atoms with van der Waals surface area (Å²) in [6.45, 7) is 5.61. The third-order valence-electron chi connectivity index (χ3n) is 4.35. The first-order chi connectivity index (χ1) is 12.4. The summed E-state index contributed by atoms with van der Waals surface area (Å²) in [4.78, 5) is 24.1. The van der Waals surface area contributed by atoms with E-state index in [9.17, 15) is 9.59 Å². The highest BCUT2D eigenvalue weighted by molar-refractivity contribution is 5.91. The van der Waals surface area contributed by atoms with E-state index >= 15 is 0 Å². The Balaban J connectivity index is 1.53. The molecule has 0 aliphatic carbocycles. The van der Waals surface area contributed by atoms with Crippen LogP contribution in [0.1, 0.15) is 40.0 Å². The van der Waals surface area contributed by atoms with Crippen molar-refractivity contribution in [3.63, 3.8) is 0 Å². The summed E-state index contributed by atoms with van der Waals surface area (Å²) in [6.07, 6.45) is 0. The monoisotopic (exact) mass is 355 g/mol. The molecule has 0 saturated heterocycles. The summed E-state index contributed by atoms with van der Waals surface area (Å²) in [6, 6.07) is 10.5. The standard InChI is InChI=1S/C20H21NO5/c1-12-4-5-16(8-13(12)2)20(23)24-10-19(22)21-14(3)15-6-7-17-18(9-15)26-11-25-17/h4-9,14H,10-11H2,1-3H3,(H,21,22)/t14-/m0/s1. The second kappa shape index (κ2) is 7.47. The van der Waals surface area contributed by atoms with E-state index in [1.54, 1.807) is 18.2 Å². The van der Waals surface area contributed by atoms with Crippen LogP contribution in [0.2, 0.25) is 0 Å². The number of hydrogen-bond donors (Lipinski definition) is 1. The van der Waals surface area contributed by atoms with Crippen LogP contribution >= 0.6 is 0 Å². The molecule has 136 valence electrons. The summed E-state index contributed by atoms with van der Waals surface area (Å²) in [5.74, 6) is 0.464. The van der Waals surface area contributed by atoms with Crippen LogP contribution in [0, 0.1) is 13.8 Å². The lowest BCUT2D eigenvalue weighted by Gasteiger charge is -2.15. The van der Waals surface area contributed by atoms with Gasteiger partial charge in [0.15, 0.2) is 18.1 Å². The van der Waals surface area contributed by atoms with Gasteiger partial charge in [-0.2, -0.15) is 0 Å². The molecule has 3 rings (SSSR count). The molecule has 2 aromatic rings. The molecule has 0 fully saturated rings. The Morgan fingerprint density at radius 1 is 1.08 bits per heavy atom. The number of benzene rings is 2. The van der Waals surface area contributed by atoms with Crippen molar-refractivity contribution in [3.05, 3.63) is 58.7 Å². The number of amides is 1. The van der Waals surface area contributed by atoms with Crippen molar-refractivity contribution in [3.8, 4) is 11.5 Å². The highest BCUT2D eigenvalue weighted by Gasteiger charge is 2.17. The van der Waals surface area contributed by atoms with Crippen LogP contribution in [0.3, 0.4) is 0 Å². The molecule has 26 heavy (non-hydrogen) atoms. The van der Waals surface area contributed by atoms with Gasteiger partial charge in [-0.3, -0.25) is 4.79 Å². The number of rotatable bonds is 5. The Morgan fingerprint density at radius 3 is 2.62 bits per heavy atom. The third-order valence-corrected chi connectivity index (χ3v) is 4.35. The summed E-state index contributed by atoms with van der Waals surface area (Å²) in [7, 11) is 0. The van der Waals surface area contributed by atoms with Crippen molar-refractivity contribution in [1.82, 2.24) is 5.32 Å². The summed E-state index contributed by atoms with van der Waals surface area (Å²) in [5.41, 5.74) is 3.41. The Morgan fingerprint density at radius 2 is 1.85 bits per heavy atom. The third kappa shape index (κ3) is 3.96. The molecule has 0 spiro atoms. The molecule has 0 aromatic heterocycles. The zero-order valence-electron chi connectivity index (χ0n) is 15.0. The first kappa shape index (κ1) is 17.8. The number of carbonyl (C=O) groups excluding carboxylic acids is 2. The van der Waals surface area contributed by atoms with Gasteiger partial charge in [-0.1, -0.05) is 12.1 Å². The van der Waals surface area contributed by atoms with Gasteiger partial charge in [0.2, 0.25) is 6.79 Å². The zero-order valence-corrected chi connectivity index (χ0v) is 15.0. The fourth-order valence-corrected chi connectivity index (χ4v) is 2.63. The van der Waals surface area contributed by atoms with Gasteiger partial charge in [0.05, 0.1) is 11.6 Å². The van der Waals surface area contributed by atoms with E-state index in [1.165, 1.54) is 0 Å². The maximum absolute atomic E-state index is 12.1. The average Bonchev–Trinajstić information content (AvgIpc) is 3.09. The lowest BCUT2D eigenvalue weighted by Crippen LogP contribution is -2.31. The molecule has 1 aliphatic heterocycles. The van der Waals surface area contributed by atoms with E-state index in [0.29, 0.717) is 17.1 Å². The van der Waals surface area contributed by atoms with Crippen molar-refractivity contribution in [1.29, 1.82) is 0 Å². The SMILES string of the molecule is Cc1ccc(C(=O)OCC(=O)N[C@@H](C)c2ccc3c(c2)OCO3)cc1C. The Labute approximate surface area is 152 Å². The maximum atomic E-state index is 12.1. The fourth-order valence-electron chi connectivity index (χ4n) is 2.63. The van der Waals surface area contributed by atoms with Gasteiger partial charge in [-0.25, -0.2) is 4.79 Å². The van der Waals surface area contributed by atoms with Crippen LogP contribution in [0.15, 0.2) is 36.4 Å². The molecule has 1 N–H and O–H groups in total. The van der Waals surface area contributed by atoms with Crippen LogP contribution < -0.4 is 14.8 Å². The minimum Gasteiger partial charge on any atom is -0.454 e. The normalized spacial score (nSPS) is 13.2. The molecule has 1 amide bonds. The molecule has 0 unspecified atom stereocenters. The first-order valence-electron chi connectivity index (χ1n) is 8.37. The molecule has 1 atom stereocenters. The van der Waals surface area contributed by atoms with Gasteiger partial charge in [-0.05, 0) is 61.7 Å². The smallest absolute Gasteiger partial charge is 0.338 e. The molecular formula is C20H21NO5. The van der Waals surface area contributed by atoms with Gasteiger partial charge in [0.1, 0.15) is 0 Å². The van der Waals surface area contributed by atoms with Crippen LogP contribution in [0.4, 0.5) is 0 Å². The molecule has 1 heterocycles. The fraction of sp³-hybridized carbons (Fsp3) is 0.300. The molecule has 6 nitrogen and oxygen atoms in total. The number of ether oxygens (including phenoxy) is 3. The van der Waals surface area contributed by atoms with Crippen molar-refractivity contribution in [2.75, 3.05) is 13.4 Å². The van der Waals surface area contributed by atoms with E-state index in [4.69, 9.17) is 14.2 Å². The Hall–Kier alpha value is -3.02. The second-order valence-electron chi connectivity index (χ2n) is 6.28. The van der Waals surface area contributed by atoms with E-state index in [0.717, 1.165) is 16.7 Å². The first-order valence-corrected chi connectivity index (χ1v) is 8.37. The summed E-state index contributed by atoms with van der Waals surface area (Å²) in [5, 5.41) is 2.80. The second-order valence-corrected chi connectivity index (χ2v) is 6.28. The lowest BCUT2D eigenvalue weighted by atomic mass is 10.1. The van der Waals surface area contributed by atoms with Crippen molar-refractivity contribution in [2.45, 2.75) is 26.8 Å². The molecular weight excluding hydrogens is 334 g/mol. The largest absolute Gasteiger partial charge is 0.454 e. The van der Waals surface area contributed by atoms with Crippen LogP contribution in [0.5, 0.6) is 11.5 Å². The summed E-state index contributed by atoms with van der Waals surface area (Å²) >= 11 is 0. The van der Waals surface area contributed by atoms with Gasteiger partial charge in [0.25, 0.3) is 5.91 Å². The summed E-state index contributed by atoms with van der Waals surface area (Å²) < 4.78 is 15.7. The predicted octanol–water partition coefficient (Wildman–Crippen LogP) is 3.07. The Kier molecular flexibility index (Phi) is 5.11. The number of carbonyl (C=O) groups is 2. The van der Waals surface area contributed by atoms with Crippen LogP contribution in [0.25, 0.3) is 0 Å². The van der Waals surface area contributed by atoms with Gasteiger partial charge >= 0.3 is 5.97 Å². The van der Waals surface area contributed by atoms with Crippen molar-refractivity contribution < 1.29 is 23.8 Å². The minimum atomic E-state index is -0.515. The number of fused-ring (bicyclic) bond motifs is 1. The molecule has 1 aliphatic rings. The average molecular weight is 355 g/mol. The number of hydrogen-bond acceptors (Lipinski definition) is 5. The molecule has 0 saturated carbocycles. The van der Waals surface area contributed by atoms with E-state index in [2.05, 4.69) is 5.32 Å². The quantitative estimate of drug-likeness (QED) is 0.835. The van der Waals surface area contributed by atoms with Gasteiger partial charge in [0, 0.05) is 0 Å². The molecule has 6 heteroatoms. The van der Waals surface area contributed by atoms with E-state index in [-0.39, 0.29) is 25.3 Å². The molecule has 0 radical (unpaired) electrons. The highest BCUT2D eigenvalue weighted by Crippen LogP contribution is 2.34. The zero-order chi connectivity index (χ0) is 18.7. The van der Waals surface area contributed by atoms with Gasteiger partial charge in [-0.15, -0.1) is 0 Å². The lowest BCUT2D eigenvalue weighted by molar-refractivity contribution is -0.124. The molecule has 0 bridgehead atoms. The van der Waals surface area contributed by atoms with Crippen LogP contribution in [-0.4, -0.2) is 25.3 Å². The maximum Gasteiger partial charge on any atom is 0.338 e. The Bertz CT molecular complexity index is 846. The van der Waals surface area contributed by atoms with Crippen LogP contribution in [-0.2, 0) is 9.53 Å². The van der Waals surface area contributed by atoms with Crippen molar-refractivity contribution in [2.24, 2.45) is 0 Å². The predicted molar refractivity (Wildman–Crippen MR) is 95.3 cm³/mol. The molecule has 2 aromatic carbocycles. The topological polar surface area (TPSA) is 73.9 Å². The van der Waals surface area contributed by atoms with E-state index in [1.807, 2.05) is 39.0 Å². The number of aryl methyl sites for hydroxylation is 2. The number of esters is 1. The van der Waals surface area contributed by atoms with Gasteiger partial charge < -0.3 is 19.5 Å². The van der Waals surface area contributed by atoms with E-state index < -0.39 is 5.97 Å². The van der Waals surface area contributed by atoms with Crippen molar-refractivity contribution >= 4 is 11.9 Å². The minimum absolute atomic E-state index is 0.202. The highest BCUT2D eigenvalue weighted by atomic mass is 16.7. The number of nitrogens with one attached hydrogen (secondary N) is 1.